The van der Waals surface area contributed by atoms with Gasteiger partial charge in [0.2, 0.25) is 0 Å². The number of hydrogen-bond acceptors (Lipinski definition) is 2. The van der Waals surface area contributed by atoms with Crippen LogP contribution in [0.4, 0.5) is 0 Å². The molecule has 1 aliphatic carbocycles. The van der Waals surface area contributed by atoms with Gasteiger partial charge in [-0.2, -0.15) is 5.26 Å². The summed E-state index contributed by atoms with van der Waals surface area (Å²) >= 11 is 3.50. The van der Waals surface area contributed by atoms with Crippen LogP contribution in [0.3, 0.4) is 0 Å². The zero-order chi connectivity index (χ0) is 13.0. The van der Waals surface area contributed by atoms with E-state index in [0.717, 1.165) is 18.2 Å². The minimum absolute atomic E-state index is 0.0548. The molecule has 1 aliphatic rings. The molecule has 0 saturated heterocycles. The number of hydrogen-bond donors (Lipinski definition) is 1. The average molecular weight is 307 g/mol. The predicted octanol–water partition coefficient (Wildman–Crippen LogP) is 3.00. The summed E-state index contributed by atoms with van der Waals surface area (Å²) in [5.74, 6) is -0.0548. The lowest BCUT2D eigenvalue weighted by Crippen LogP contribution is -2.47. The highest BCUT2D eigenvalue weighted by Gasteiger charge is 2.34. The van der Waals surface area contributed by atoms with E-state index in [4.69, 9.17) is 5.26 Å². The molecule has 0 bridgehead atoms. The summed E-state index contributed by atoms with van der Waals surface area (Å²) in [4.78, 5) is 12.1. The standard InChI is InChI=1S/C14H15BrN2O/c15-10-14(7-1-2-8-14)17-13(18)12-5-3-11(9-16)4-6-12/h3-6H,1-2,7-8,10H2,(H,17,18). The van der Waals surface area contributed by atoms with Crippen LogP contribution in [0.15, 0.2) is 24.3 Å². The normalized spacial score (nSPS) is 17.1. The van der Waals surface area contributed by atoms with Crippen molar-refractivity contribution < 1.29 is 4.79 Å². The van der Waals surface area contributed by atoms with Crippen LogP contribution in [0.25, 0.3) is 0 Å². The third-order valence-corrected chi connectivity index (χ3v) is 4.54. The monoisotopic (exact) mass is 306 g/mol. The lowest BCUT2D eigenvalue weighted by molar-refractivity contribution is 0.0910. The van der Waals surface area contributed by atoms with E-state index in [0.29, 0.717) is 11.1 Å². The van der Waals surface area contributed by atoms with Crippen molar-refractivity contribution in [3.63, 3.8) is 0 Å². The van der Waals surface area contributed by atoms with E-state index in [1.165, 1.54) is 12.8 Å². The van der Waals surface area contributed by atoms with Gasteiger partial charge in [-0.05, 0) is 37.1 Å². The Hall–Kier alpha value is -1.34. The first-order valence-electron chi connectivity index (χ1n) is 6.08. The maximum atomic E-state index is 12.1. The first kappa shape index (κ1) is 13.1. The molecule has 1 aromatic carbocycles. The van der Waals surface area contributed by atoms with Crippen LogP contribution in [0.5, 0.6) is 0 Å². The summed E-state index contributed by atoms with van der Waals surface area (Å²) in [6.07, 6.45) is 4.39. The Morgan fingerprint density at radius 1 is 1.33 bits per heavy atom. The van der Waals surface area contributed by atoms with Crippen molar-refractivity contribution in [3.05, 3.63) is 35.4 Å². The number of carbonyl (C=O) groups is 1. The summed E-state index contributed by atoms with van der Waals surface area (Å²) in [5, 5.41) is 12.6. The second-order valence-corrected chi connectivity index (χ2v) is 5.33. The van der Waals surface area contributed by atoms with E-state index in [1.807, 2.05) is 6.07 Å². The van der Waals surface area contributed by atoms with Gasteiger partial charge in [-0.15, -0.1) is 0 Å². The van der Waals surface area contributed by atoms with Gasteiger partial charge >= 0.3 is 0 Å². The lowest BCUT2D eigenvalue weighted by Gasteiger charge is -2.28. The highest BCUT2D eigenvalue weighted by atomic mass is 79.9. The zero-order valence-corrected chi connectivity index (χ0v) is 11.7. The van der Waals surface area contributed by atoms with Crippen LogP contribution in [0.2, 0.25) is 0 Å². The number of benzene rings is 1. The minimum Gasteiger partial charge on any atom is -0.346 e. The Bertz CT molecular complexity index is 470. The minimum atomic E-state index is -0.0923. The smallest absolute Gasteiger partial charge is 0.251 e. The number of nitriles is 1. The second-order valence-electron chi connectivity index (χ2n) is 4.76. The van der Waals surface area contributed by atoms with Crippen LogP contribution in [-0.2, 0) is 0 Å². The van der Waals surface area contributed by atoms with Crippen LogP contribution >= 0.6 is 15.9 Å². The van der Waals surface area contributed by atoms with Crippen molar-refractivity contribution in [1.82, 2.24) is 5.32 Å². The number of rotatable bonds is 3. The molecule has 1 N–H and O–H groups in total. The Morgan fingerprint density at radius 2 is 1.94 bits per heavy atom. The van der Waals surface area contributed by atoms with Gasteiger partial charge in [0.15, 0.2) is 0 Å². The highest BCUT2D eigenvalue weighted by molar-refractivity contribution is 9.09. The fraction of sp³-hybridized carbons (Fsp3) is 0.429. The number of halogens is 1. The molecule has 1 amide bonds. The van der Waals surface area contributed by atoms with Crippen LogP contribution in [0.1, 0.15) is 41.6 Å². The Morgan fingerprint density at radius 3 is 2.44 bits per heavy atom. The molecule has 3 nitrogen and oxygen atoms in total. The van der Waals surface area contributed by atoms with Gasteiger partial charge in [0.1, 0.15) is 0 Å². The molecule has 1 aromatic rings. The first-order valence-corrected chi connectivity index (χ1v) is 7.20. The summed E-state index contributed by atoms with van der Waals surface area (Å²) in [6.45, 7) is 0. The van der Waals surface area contributed by atoms with Gasteiger partial charge < -0.3 is 5.32 Å². The SMILES string of the molecule is N#Cc1ccc(C(=O)NC2(CBr)CCCC2)cc1. The van der Waals surface area contributed by atoms with Gasteiger partial charge in [-0.25, -0.2) is 0 Å². The molecule has 2 rings (SSSR count). The number of alkyl halides is 1. The molecule has 0 spiro atoms. The van der Waals surface area contributed by atoms with Crippen molar-refractivity contribution in [2.24, 2.45) is 0 Å². The van der Waals surface area contributed by atoms with Crippen molar-refractivity contribution in [3.8, 4) is 6.07 Å². The fourth-order valence-corrected chi connectivity index (χ4v) is 3.05. The maximum absolute atomic E-state index is 12.1. The number of nitrogens with zero attached hydrogens (tertiary/aromatic N) is 1. The topological polar surface area (TPSA) is 52.9 Å². The van der Waals surface area contributed by atoms with Gasteiger partial charge in [0.25, 0.3) is 5.91 Å². The third kappa shape index (κ3) is 2.73. The summed E-state index contributed by atoms with van der Waals surface area (Å²) < 4.78 is 0. The molecular formula is C14H15BrN2O. The fourth-order valence-electron chi connectivity index (χ4n) is 2.35. The predicted molar refractivity (Wildman–Crippen MR) is 73.6 cm³/mol. The summed E-state index contributed by atoms with van der Waals surface area (Å²) in [6, 6.07) is 8.79. The molecule has 0 radical (unpaired) electrons. The Balaban J connectivity index is 2.09. The van der Waals surface area contributed by atoms with Gasteiger partial charge in [-0.3, -0.25) is 4.79 Å². The van der Waals surface area contributed by atoms with Gasteiger partial charge in [-0.1, -0.05) is 28.8 Å². The van der Waals surface area contributed by atoms with E-state index in [-0.39, 0.29) is 11.4 Å². The molecule has 0 aliphatic heterocycles. The van der Waals surface area contributed by atoms with Crippen LogP contribution < -0.4 is 5.32 Å². The third-order valence-electron chi connectivity index (χ3n) is 3.47. The molecular weight excluding hydrogens is 292 g/mol. The van der Waals surface area contributed by atoms with E-state index in [9.17, 15) is 4.79 Å². The molecule has 94 valence electrons. The van der Waals surface area contributed by atoms with E-state index >= 15 is 0 Å². The van der Waals surface area contributed by atoms with Crippen molar-refractivity contribution in [1.29, 1.82) is 5.26 Å². The molecule has 18 heavy (non-hydrogen) atoms. The number of carbonyl (C=O) groups excluding carboxylic acids is 1. The number of amides is 1. The average Bonchev–Trinajstić information content (AvgIpc) is 2.88. The molecule has 0 unspecified atom stereocenters. The van der Waals surface area contributed by atoms with Crippen molar-refractivity contribution in [2.45, 2.75) is 31.2 Å². The van der Waals surface area contributed by atoms with Crippen molar-refractivity contribution in [2.75, 3.05) is 5.33 Å². The van der Waals surface area contributed by atoms with E-state index in [2.05, 4.69) is 21.2 Å². The lowest BCUT2D eigenvalue weighted by atomic mass is 10.00. The Labute approximate surface area is 115 Å². The first-order chi connectivity index (χ1) is 8.69. The molecule has 0 heterocycles. The number of nitrogens with one attached hydrogen (secondary N) is 1. The highest BCUT2D eigenvalue weighted by Crippen LogP contribution is 2.31. The van der Waals surface area contributed by atoms with Crippen LogP contribution in [-0.4, -0.2) is 16.8 Å². The molecule has 1 fully saturated rings. The van der Waals surface area contributed by atoms with E-state index < -0.39 is 0 Å². The summed E-state index contributed by atoms with van der Waals surface area (Å²) in [5.41, 5.74) is 1.09. The van der Waals surface area contributed by atoms with Gasteiger partial charge in [0.05, 0.1) is 17.2 Å². The summed E-state index contributed by atoms with van der Waals surface area (Å²) in [7, 11) is 0. The molecule has 0 aromatic heterocycles. The quantitative estimate of drug-likeness (QED) is 0.873. The second kappa shape index (κ2) is 5.53. The molecule has 4 heteroatoms. The Kier molecular flexibility index (Phi) is 4.03. The zero-order valence-electron chi connectivity index (χ0n) is 10.1. The molecule has 0 atom stereocenters. The largest absolute Gasteiger partial charge is 0.346 e. The van der Waals surface area contributed by atoms with Crippen LogP contribution in [0, 0.1) is 11.3 Å². The van der Waals surface area contributed by atoms with E-state index in [1.54, 1.807) is 24.3 Å². The van der Waals surface area contributed by atoms with Crippen molar-refractivity contribution >= 4 is 21.8 Å². The molecule has 1 saturated carbocycles. The van der Waals surface area contributed by atoms with Gasteiger partial charge in [0, 0.05) is 10.9 Å². The maximum Gasteiger partial charge on any atom is 0.251 e.